The van der Waals surface area contributed by atoms with Gasteiger partial charge in [0.05, 0.1) is 0 Å². The van der Waals surface area contributed by atoms with Crippen LogP contribution in [0.2, 0.25) is 0 Å². The molecule has 130 valence electrons. The topological polar surface area (TPSA) is 86.7 Å². The summed E-state index contributed by atoms with van der Waals surface area (Å²) >= 11 is 0. The fraction of sp³-hybridized carbons (Fsp3) is 0.211. The van der Waals surface area contributed by atoms with Crippen LogP contribution in [-0.4, -0.2) is 29.9 Å². The van der Waals surface area contributed by atoms with Gasteiger partial charge in [0, 0.05) is 36.8 Å². The van der Waals surface area contributed by atoms with Gasteiger partial charge < -0.3 is 15.3 Å². The van der Waals surface area contributed by atoms with Crippen molar-refractivity contribution in [3.05, 3.63) is 60.2 Å². The standard InChI is InChI=1S/C19H20N2O4/c1-21(16-6-3-2-4-7-16)19(25)14-10-12-15(13-11-14)20-17(22)8-5-9-18(23)24/h2-4,6-7,10-13H,5,8-9H2,1H3,(H,20,22)(H,23,24). The first-order valence-corrected chi connectivity index (χ1v) is 7.92. The molecule has 6 nitrogen and oxygen atoms in total. The van der Waals surface area contributed by atoms with E-state index in [0.717, 1.165) is 5.69 Å². The summed E-state index contributed by atoms with van der Waals surface area (Å²) in [5, 5.41) is 11.2. The number of rotatable bonds is 7. The number of hydrogen-bond donors (Lipinski definition) is 2. The van der Waals surface area contributed by atoms with Crippen molar-refractivity contribution in [2.75, 3.05) is 17.3 Å². The summed E-state index contributed by atoms with van der Waals surface area (Å²) in [7, 11) is 1.70. The Hall–Kier alpha value is -3.15. The Morgan fingerprint density at radius 2 is 1.60 bits per heavy atom. The number of carbonyl (C=O) groups is 3. The first kappa shape index (κ1) is 18.2. The van der Waals surface area contributed by atoms with Crippen LogP contribution in [0.15, 0.2) is 54.6 Å². The first-order chi connectivity index (χ1) is 12.0. The van der Waals surface area contributed by atoms with E-state index in [0.29, 0.717) is 17.7 Å². The number of nitrogens with zero attached hydrogens (tertiary/aromatic N) is 1. The van der Waals surface area contributed by atoms with E-state index >= 15 is 0 Å². The maximum atomic E-state index is 12.5. The van der Waals surface area contributed by atoms with Crippen LogP contribution in [0.1, 0.15) is 29.6 Å². The van der Waals surface area contributed by atoms with Crippen molar-refractivity contribution in [2.24, 2.45) is 0 Å². The summed E-state index contributed by atoms with van der Waals surface area (Å²) < 4.78 is 0. The van der Waals surface area contributed by atoms with E-state index in [1.165, 1.54) is 0 Å². The Kier molecular flexibility index (Phi) is 6.28. The summed E-state index contributed by atoms with van der Waals surface area (Å²) in [5.74, 6) is -1.31. The third kappa shape index (κ3) is 5.46. The van der Waals surface area contributed by atoms with Crippen molar-refractivity contribution in [3.63, 3.8) is 0 Å². The number of para-hydroxylation sites is 1. The molecular weight excluding hydrogens is 320 g/mol. The first-order valence-electron chi connectivity index (χ1n) is 7.92. The number of carbonyl (C=O) groups excluding carboxylic acids is 2. The molecule has 0 aromatic heterocycles. The van der Waals surface area contributed by atoms with E-state index < -0.39 is 5.97 Å². The van der Waals surface area contributed by atoms with Crippen molar-refractivity contribution in [2.45, 2.75) is 19.3 Å². The van der Waals surface area contributed by atoms with Crippen molar-refractivity contribution in [1.82, 2.24) is 0 Å². The van der Waals surface area contributed by atoms with Crippen molar-refractivity contribution >= 4 is 29.2 Å². The molecule has 0 unspecified atom stereocenters. The number of benzene rings is 2. The molecule has 0 aliphatic heterocycles. The second-order valence-electron chi connectivity index (χ2n) is 5.57. The molecule has 2 rings (SSSR count). The smallest absolute Gasteiger partial charge is 0.303 e. The van der Waals surface area contributed by atoms with Gasteiger partial charge in [0.15, 0.2) is 0 Å². The Labute approximate surface area is 146 Å². The van der Waals surface area contributed by atoms with Gasteiger partial charge in [0.1, 0.15) is 0 Å². The summed E-state index contributed by atoms with van der Waals surface area (Å²) in [4.78, 5) is 36.2. The molecule has 2 amide bonds. The van der Waals surface area contributed by atoms with Gasteiger partial charge in [0.2, 0.25) is 5.91 Å². The van der Waals surface area contributed by atoms with Crippen LogP contribution in [0, 0.1) is 0 Å². The van der Waals surface area contributed by atoms with E-state index in [1.807, 2.05) is 30.3 Å². The third-order valence-corrected chi connectivity index (χ3v) is 3.66. The SMILES string of the molecule is CN(C(=O)c1ccc(NC(=O)CCCC(=O)O)cc1)c1ccccc1. The highest BCUT2D eigenvalue weighted by molar-refractivity contribution is 6.06. The number of nitrogens with one attached hydrogen (secondary N) is 1. The van der Waals surface area contributed by atoms with Gasteiger partial charge in [0.25, 0.3) is 5.91 Å². The number of carboxylic acid groups (broad SMARTS) is 1. The molecule has 0 heterocycles. The van der Waals surface area contributed by atoms with Crippen LogP contribution in [0.4, 0.5) is 11.4 Å². The molecule has 6 heteroatoms. The number of anilines is 2. The predicted octanol–water partition coefficient (Wildman–Crippen LogP) is 3.16. The highest BCUT2D eigenvalue weighted by Gasteiger charge is 2.13. The molecule has 0 aliphatic carbocycles. The largest absolute Gasteiger partial charge is 0.481 e. The van der Waals surface area contributed by atoms with Crippen LogP contribution in [0.25, 0.3) is 0 Å². The molecule has 0 fully saturated rings. The highest BCUT2D eigenvalue weighted by Crippen LogP contribution is 2.17. The Balaban J connectivity index is 1.94. The highest BCUT2D eigenvalue weighted by atomic mass is 16.4. The molecule has 2 aromatic carbocycles. The van der Waals surface area contributed by atoms with Gasteiger partial charge in [-0.25, -0.2) is 0 Å². The summed E-state index contributed by atoms with van der Waals surface area (Å²) in [6.07, 6.45) is 0.399. The lowest BCUT2D eigenvalue weighted by Crippen LogP contribution is -2.26. The molecule has 0 bridgehead atoms. The van der Waals surface area contributed by atoms with Crippen molar-refractivity contribution in [1.29, 1.82) is 0 Å². The average Bonchev–Trinajstić information content (AvgIpc) is 2.61. The lowest BCUT2D eigenvalue weighted by molar-refractivity contribution is -0.137. The van der Waals surface area contributed by atoms with E-state index in [1.54, 1.807) is 36.2 Å². The number of aliphatic carboxylic acids is 1. The van der Waals surface area contributed by atoms with E-state index in [9.17, 15) is 14.4 Å². The molecule has 0 spiro atoms. The average molecular weight is 340 g/mol. The lowest BCUT2D eigenvalue weighted by Gasteiger charge is -2.17. The maximum absolute atomic E-state index is 12.5. The molecule has 2 N–H and O–H groups in total. The van der Waals surface area contributed by atoms with Crippen molar-refractivity contribution in [3.8, 4) is 0 Å². The lowest BCUT2D eigenvalue weighted by atomic mass is 10.1. The van der Waals surface area contributed by atoms with Crippen LogP contribution in [-0.2, 0) is 9.59 Å². The van der Waals surface area contributed by atoms with Crippen molar-refractivity contribution < 1.29 is 19.5 Å². The summed E-state index contributed by atoms with van der Waals surface area (Å²) in [5.41, 5.74) is 1.87. The zero-order chi connectivity index (χ0) is 18.2. The Bertz CT molecular complexity index is 742. The van der Waals surface area contributed by atoms with Gasteiger partial charge in [-0.15, -0.1) is 0 Å². The van der Waals surface area contributed by atoms with Gasteiger partial charge in [-0.2, -0.15) is 0 Å². The van der Waals surface area contributed by atoms with Crippen LogP contribution >= 0.6 is 0 Å². The van der Waals surface area contributed by atoms with Crippen LogP contribution < -0.4 is 10.2 Å². The maximum Gasteiger partial charge on any atom is 0.303 e. The van der Waals surface area contributed by atoms with Gasteiger partial charge in [-0.05, 0) is 42.8 Å². The van der Waals surface area contributed by atoms with E-state index in [2.05, 4.69) is 5.32 Å². The van der Waals surface area contributed by atoms with Gasteiger partial charge in [-0.3, -0.25) is 14.4 Å². The monoisotopic (exact) mass is 340 g/mol. The van der Waals surface area contributed by atoms with Gasteiger partial charge in [-0.1, -0.05) is 18.2 Å². The molecule has 0 saturated heterocycles. The molecule has 0 saturated carbocycles. The fourth-order valence-electron chi connectivity index (χ4n) is 2.28. The molecule has 2 aromatic rings. The zero-order valence-corrected chi connectivity index (χ0v) is 13.9. The zero-order valence-electron chi connectivity index (χ0n) is 13.9. The Morgan fingerprint density at radius 3 is 2.20 bits per heavy atom. The minimum absolute atomic E-state index is 0.0350. The van der Waals surface area contributed by atoms with E-state index in [4.69, 9.17) is 5.11 Å². The predicted molar refractivity (Wildman–Crippen MR) is 95.7 cm³/mol. The molecule has 0 radical (unpaired) electrons. The second-order valence-corrected chi connectivity index (χ2v) is 5.57. The number of amides is 2. The fourth-order valence-corrected chi connectivity index (χ4v) is 2.28. The molecular formula is C19H20N2O4. The normalized spacial score (nSPS) is 10.1. The minimum atomic E-state index is -0.918. The molecule has 0 atom stereocenters. The molecule has 25 heavy (non-hydrogen) atoms. The second kappa shape index (κ2) is 8.63. The van der Waals surface area contributed by atoms with E-state index in [-0.39, 0.29) is 24.7 Å². The third-order valence-electron chi connectivity index (χ3n) is 3.66. The minimum Gasteiger partial charge on any atom is -0.481 e. The molecule has 0 aliphatic rings. The number of carboxylic acids is 1. The van der Waals surface area contributed by atoms with Gasteiger partial charge >= 0.3 is 5.97 Å². The van der Waals surface area contributed by atoms with Crippen LogP contribution in [0.5, 0.6) is 0 Å². The quantitative estimate of drug-likeness (QED) is 0.810. The van der Waals surface area contributed by atoms with Crippen LogP contribution in [0.3, 0.4) is 0 Å². The number of hydrogen-bond acceptors (Lipinski definition) is 3. The Morgan fingerprint density at radius 1 is 0.960 bits per heavy atom. The summed E-state index contributed by atoms with van der Waals surface area (Å²) in [6, 6.07) is 15.9. The summed E-state index contributed by atoms with van der Waals surface area (Å²) in [6.45, 7) is 0.